The van der Waals surface area contributed by atoms with Gasteiger partial charge in [0.05, 0.1) is 22.3 Å². The van der Waals surface area contributed by atoms with Crippen LogP contribution in [-0.2, 0) is 6.54 Å². The Kier molecular flexibility index (Phi) is 10.4. The van der Waals surface area contributed by atoms with Crippen molar-refractivity contribution in [3.63, 3.8) is 0 Å². The number of rotatable bonds is 8. The molecule has 3 aromatic heterocycles. The average molecular weight is 736 g/mol. The molecule has 5 heterocycles. The quantitative estimate of drug-likeness (QED) is 0.195. The molecule has 1 aliphatic carbocycles. The van der Waals surface area contributed by atoms with E-state index in [4.69, 9.17) is 0 Å². The molecule has 5 aromatic rings. The largest absolute Gasteiger partial charge is 0.348 e. The Morgan fingerprint density at radius 2 is 1.64 bits per heavy atom. The van der Waals surface area contributed by atoms with Crippen molar-refractivity contribution in [2.45, 2.75) is 89.4 Å². The number of likely N-dealkylation sites (tertiary alicyclic amines) is 2. The molecule has 1 saturated carbocycles. The summed E-state index contributed by atoms with van der Waals surface area (Å²) in [5.41, 5.74) is 3.20. The second-order valence-electron chi connectivity index (χ2n) is 14.9. The summed E-state index contributed by atoms with van der Waals surface area (Å²) >= 11 is 1.42. The van der Waals surface area contributed by atoms with Crippen molar-refractivity contribution in [2.75, 3.05) is 26.2 Å². The molecular formula is C41H46FN7O3S. The lowest BCUT2D eigenvalue weighted by Crippen LogP contribution is -2.46. The first kappa shape index (κ1) is 35.5. The van der Waals surface area contributed by atoms with E-state index in [-0.39, 0.29) is 23.0 Å². The van der Waals surface area contributed by atoms with E-state index in [1.165, 1.54) is 71.2 Å². The maximum absolute atomic E-state index is 14.6. The minimum Gasteiger partial charge on any atom is -0.348 e. The smallest absolute Gasteiger partial charge is 0.337 e. The zero-order valence-electron chi connectivity index (χ0n) is 30.2. The van der Waals surface area contributed by atoms with E-state index in [1.54, 1.807) is 5.38 Å². The maximum Gasteiger partial charge on any atom is 0.337 e. The van der Waals surface area contributed by atoms with Crippen LogP contribution in [0.1, 0.15) is 84.9 Å². The van der Waals surface area contributed by atoms with E-state index in [9.17, 15) is 18.8 Å². The van der Waals surface area contributed by atoms with Gasteiger partial charge in [0, 0.05) is 30.1 Å². The number of thiazole rings is 1. The number of aromatic nitrogens is 4. The predicted molar refractivity (Wildman–Crippen MR) is 206 cm³/mol. The van der Waals surface area contributed by atoms with Gasteiger partial charge in [0.25, 0.3) is 11.5 Å². The Morgan fingerprint density at radius 1 is 0.887 bits per heavy atom. The van der Waals surface area contributed by atoms with Crippen molar-refractivity contribution in [3.05, 3.63) is 109 Å². The molecule has 53 heavy (non-hydrogen) atoms. The molecule has 2 saturated heterocycles. The summed E-state index contributed by atoms with van der Waals surface area (Å²) in [7, 11) is 0. The number of hydrogen-bond acceptors (Lipinski definition) is 8. The highest BCUT2D eigenvalue weighted by Gasteiger charge is 2.29. The van der Waals surface area contributed by atoms with Gasteiger partial charge in [0.15, 0.2) is 5.65 Å². The van der Waals surface area contributed by atoms with Gasteiger partial charge < -0.3 is 10.2 Å². The van der Waals surface area contributed by atoms with Gasteiger partial charge in [-0.2, -0.15) is 0 Å². The zero-order chi connectivity index (χ0) is 36.5. The van der Waals surface area contributed by atoms with Crippen LogP contribution in [0.15, 0.2) is 75.8 Å². The number of nitrogens with one attached hydrogen (secondary N) is 1. The first-order valence-electron chi connectivity index (χ1n) is 19.0. The van der Waals surface area contributed by atoms with Gasteiger partial charge in [-0.3, -0.25) is 19.1 Å². The normalized spacial score (nSPS) is 20.5. The monoisotopic (exact) mass is 735 g/mol. The van der Waals surface area contributed by atoms with Crippen molar-refractivity contribution in [1.29, 1.82) is 0 Å². The predicted octanol–water partition coefficient (Wildman–Crippen LogP) is 6.48. The maximum atomic E-state index is 14.6. The van der Waals surface area contributed by atoms with Gasteiger partial charge in [0.2, 0.25) is 0 Å². The Balaban J connectivity index is 1.00. The standard InChI is InChI=1S/C41H46FN7O3S/c1-27-44-37(26-53-27)39(50)45-32-12-14-34(15-13-32)49-40(51)36-23-31(42)24-43-38(36)48(41(49)52)35-7-5-6-30(22-35)29-10-8-28(9-11-29)25-46-20-16-33(17-21-46)47-18-3-2-4-19-47/h5-11,22-24,26,32-34H,2-4,12-21,25H2,1H3,(H,45,50)/t32-,34+. The van der Waals surface area contributed by atoms with Gasteiger partial charge in [-0.25, -0.2) is 23.7 Å². The van der Waals surface area contributed by atoms with Crippen molar-refractivity contribution in [2.24, 2.45) is 0 Å². The molecule has 2 aromatic carbocycles. The van der Waals surface area contributed by atoms with Crippen LogP contribution in [0.3, 0.4) is 0 Å². The number of piperidine rings is 2. The molecule has 2 aliphatic heterocycles. The number of fused-ring (bicyclic) bond motifs is 1. The summed E-state index contributed by atoms with van der Waals surface area (Å²) in [6, 6.07) is 17.6. The van der Waals surface area contributed by atoms with Crippen LogP contribution in [0.2, 0.25) is 0 Å². The molecule has 0 bridgehead atoms. The summed E-state index contributed by atoms with van der Waals surface area (Å²) in [4.78, 5) is 54.7. The van der Waals surface area contributed by atoms with E-state index in [0.717, 1.165) is 54.1 Å². The highest BCUT2D eigenvalue weighted by molar-refractivity contribution is 7.09. The fraction of sp³-hybridized carbons (Fsp3) is 0.439. The van der Waals surface area contributed by atoms with Gasteiger partial charge in [-0.15, -0.1) is 11.3 Å². The summed E-state index contributed by atoms with van der Waals surface area (Å²) in [5, 5.41) is 5.67. The van der Waals surface area contributed by atoms with Crippen LogP contribution in [-0.4, -0.2) is 73.1 Å². The molecule has 0 unspecified atom stereocenters. The Morgan fingerprint density at radius 3 is 2.36 bits per heavy atom. The number of hydrogen-bond donors (Lipinski definition) is 1. The molecule has 12 heteroatoms. The molecule has 10 nitrogen and oxygen atoms in total. The molecule has 0 atom stereocenters. The number of amides is 1. The molecule has 8 rings (SSSR count). The molecule has 0 radical (unpaired) electrons. The number of pyridine rings is 1. The van der Waals surface area contributed by atoms with E-state index in [0.29, 0.717) is 37.1 Å². The van der Waals surface area contributed by atoms with Crippen LogP contribution in [0, 0.1) is 12.7 Å². The van der Waals surface area contributed by atoms with Crippen molar-refractivity contribution >= 4 is 28.3 Å². The molecule has 0 spiro atoms. The number of carbonyl (C=O) groups excluding carboxylic acids is 1. The number of carbonyl (C=O) groups is 1. The fourth-order valence-corrected chi connectivity index (χ4v) is 9.15. The summed E-state index contributed by atoms with van der Waals surface area (Å²) in [5.74, 6) is -0.863. The van der Waals surface area contributed by atoms with E-state index in [2.05, 4.69) is 49.4 Å². The number of nitrogens with zero attached hydrogens (tertiary/aromatic N) is 6. The number of halogens is 1. The third-order valence-electron chi connectivity index (χ3n) is 11.4. The van der Waals surface area contributed by atoms with Crippen LogP contribution in [0.5, 0.6) is 0 Å². The summed E-state index contributed by atoms with van der Waals surface area (Å²) in [6.07, 6.45) is 9.76. The zero-order valence-corrected chi connectivity index (χ0v) is 31.0. The van der Waals surface area contributed by atoms with E-state index >= 15 is 0 Å². The highest BCUT2D eigenvalue weighted by atomic mass is 32.1. The summed E-state index contributed by atoms with van der Waals surface area (Å²) in [6.45, 7) is 7.55. The Bertz CT molecular complexity index is 2210. The third kappa shape index (κ3) is 7.63. The number of benzene rings is 2. The van der Waals surface area contributed by atoms with Gasteiger partial charge >= 0.3 is 5.69 Å². The minimum absolute atomic E-state index is 0.0497. The Labute approximate surface area is 312 Å². The molecule has 276 valence electrons. The van der Waals surface area contributed by atoms with E-state index < -0.39 is 23.1 Å². The molecule has 3 fully saturated rings. The van der Waals surface area contributed by atoms with Crippen LogP contribution in [0.4, 0.5) is 4.39 Å². The van der Waals surface area contributed by atoms with Crippen LogP contribution < -0.4 is 16.6 Å². The average Bonchev–Trinajstić information content (AvgIpc) is 3.63. The first-order valence-corrected chi connectivity index (χ1v) is 19.9. The minimum atomic E-state index is -0.643. The molecule has 1 amide bonds. The lowest BCUT2D eigenvalue weighted by atomic mass is 9.90. The molecular weight excluding hydrogens is 690 g/mol. The van der Waals surface area contributed by atoms with Crippen LogP contribution >= 0.6 is 11.3 Å². The van der Waals surface area contributed by atoms with Crippen molar-refractivity contribution < 1.29 is 9.18 Å². The second kappa shape index (κ2) is 15.5. The topological polar surface area (TPSA) is 105 Å². The van der Waals surface area contributed by atoms with Crippen molar-refractivity contribution in [1.82, 2.24) is 34.2 Å². The fourth-order valence-electron chi connectivity index (χ4n) is 8.55. The molecule has 3 aliphatic rings. The van der Waals surface area contributed by atoms with Crippen LogP contribution in [0.25, 0.3) is 27.8 Å². The van der Waals surface area contributed by atoms with Gasteiger partial charge in [-0.1, -0.05) is 42.8 Å². The number of aryl methyl sites for hydroxylation is 1. The molecule has 1 N–H and O–H groups in total. The van der Waals surface area contributed by atoms with Crippen molar-refractivity contribution in [3.8, 4) is 16.8 Å². The Hall–Kier alpha value is -4.52. The van der Waals surface area contributed by atoms with E-state index in [1.807, 2.05) is 31.2 Å². The lowest BCUT2D eigenvalue weighted by Gasteiger charge is -2.40. The SMILES string of the molecule is Cc1nc(C(=O)N[C@H]2CC[C@@H](n3c(=O)c4cc(F)cnc4n(-c4cccc(-c5ccc(CN6CCC(N7CCCCC7)CC6)cc5)c4)c3=O)CC2)cs1. The third-order valence-corrected chi connectivity index (χ3v) is 12.2. The highest BCUT2D eigenvalue weighted by Crippen LogP contribution is 2.29. The first-order chi connectivity index (χ1) is 25.8. The van der Waals surface area contributed by atoms with Gasteiger partial charge in [0.1, 0.15) is 11.5 Å². The second-order valence-corrected chi connectivity index (χ2v) is 16.0. The van der Waals surface area contributed by atoms with Gasteiger partial charge in [-0.05, 0) is 119 Å². The lowest BCUT2D eigenvalue weighted by molar-refractivity contribution is 0.0896. The summed E-state index contributed by atoms with van der Waals surface area (Å²) < 4.78 is 17.2.